The molecule has 21 heavy (non-hydrogen) atoms. The summed E-state index contributed by atoms with van der Waals surface area (Å²) in [6.07, 6.45) is 0.701. The lowest BCUT2D eigenvalue weighted by atomic mass is 10.1. The maximum absolute atomic E-state index is 13.4. The van der Waals surface area contributed by atoms with Crippen LogP contribution in [-0.4, -0.2) is 43.1 Å². The van der Waals surface area contributed by atoms with Crippen LogP contribution in [0.3, 0.4) is 0 Å². The number of aryl methyl sites for hydroxylation is 1. The molecular formula is C15H19FN2O3. The highest BCUT2D eigenvalue weighted by molar-refractivity contribution is 5.76. The van der Waals surface area contributed by atoms with Crippen molar-refractivity contribution in [2.45, 2.75) is 25.4 Å². The molecule has 0 spiro atoms. The van der Waals surface area contributed by atoms with Crippen molar-refractivity contribution in [1.29, 1.82) is 0 Å². The van der Waals surface area contributed by atoms with E-state index in [0.29, 0.717) is 31.5 Å². The van der Waals surface area contributed by atoms with Gasteiger partial charge in [-0.2, -0.15) is 0 Å². The molecule has 0 saturated carbocycles. The van der Waals surface area contributed by atoms with Crippen molar-refractivity contribution >= 4 is 12.0 Å². The molecule has 1 aromatic rings. The highest BCUT2D eigenvalue weighted by Gasteiger charge is 2.27. The van der Waals surface area contributed by atoms with Crippen molar-refractivity contribution in [3.05, 3.63) is 35.6 Å². The molecule has 0 bridgehead atoms. The van der Waals surface area contributed by atoms with Crippen molar-refractivity contribution in [1.82, 2.24) is 10.2 Å². The molecule has 1 atom stereocenters. The molecule has 0 aliphatic carbocycles. The molecule has 5 nitrogen and oxygen atoms in total. The van der Waals surface area contributed by atoms with E-state index in [4.69, 9.17) is 4.74 Å². The third-order valence-corrected chi connectivity index (χ3v) is 3.42. The predicted octanol–water partition coefficient (Wildman–Crippen LogP) is 1.72. The van der Waals surface area contributed by atoms with Gasteiger partial charge in [0.05, 0.1) is 6.54 Å². The van der Waals surface area contributed by atoms with Gasteiger partial charge in [-0.05, 0) is 18.1 Å². The van der Waals surface area contributed by atoms with Crippen LogP contribution in [-0.2, 0) is 16.0 Å². The lowest BCUT2D eigenvalue weighted by Crippen LogP contribution is -2.28. The van der Waals surface area contributed by atoms with Crippen LogP contribution in [0.5, 0.6) is 0 Å². The van der Waals surface area contributed by atoms with Crippen LogP contribution in [0.2, 0.25) is 0 Å². The third kappa shape index (κ3) is 4.44. The van der Waals surface area contributed by atoms with Crippen molar-refractivity contribution in [2.75, 3.05) is 20.1 Å². The van der Waals surface area contributed by atoms with Gasteiger partial charge in [0.2, 0.25) is 5.91 Å². The Morgan fingerprint density at radius 3 is 2.90 bits per heavy atom. The molecule has 0 aromatic heterocycles. The fourth-order valence-corrected chi connectivity index (χ4v) is 2.21. The highest BCUT2D eigenvalue weighted by Crippen LogP contribution is 2.11. The Hall–Kier alpha value is -2.11. The summed E-state index contributed by atoms with van der Waals surface area (Å²) in [5, 5.41) is 2.76. The van der Waals surface area contributed by atoms with E-state index >= 15 is 0 Å². The average molecular weight is 294 g/mol. The Balaban J connectivity index is 1.64. The number of benzene rings is 1. The smallest absolute Gasteiger partial charge is 0.409 e. The molecule has 0 radical (unpaired) electrons. The van der Waals surface area contributed by atoms with Gasteiger partial charge in [0.15, 0.2) is 0 Å². The third-order valence-electron chi connectivity index (χ3n) is 3.42. The summed E-state index contributed by atoms with van der Waals surface area (Å²) >= 11 is 0. The first-order valence-corrected chi connectivity index (χ1v) is 6.98. The number of carbonyl (C=O) groups is 2. The Bertz CT molecular complexity index is 521. The lowest BCUT2D eigenvalue weighted by Gasteiger charge is -2.09. The maximum Gasteiger partial charge on any atom is 0.409 e. The molecule has 1 heterocycles. The van der Waals surface area contributed by atoms with Gasteiger partial charge in [0.1, 0.15) is 11.9 Å². The summed E-state index contributed by atoms with van der Waals surface area (Å²) in [6.45, 7) is 0.992. The summed E-state index contributed by atoms with van der Waals surface area (Å²) in [4.78, 5) is 24.3. The number of likely N-dealkylation sites (N-methyl/N-ethyl adjacent to an activating group) is 1. The largest absolute Gasteiger partial charge is 0.444 e. The number of hydrogen-bond donors (Lipinski definition) is 1. The van der Waals surface area contributed by atoms with E-state index in [-0.39, 0.29) is 30.3 Å². The Labute approximate surface area is 123 Å². The van der Waals surface area contributed by atoms with Crippen LogP contribution in [0, 0.1) is 5.82 Å². The fourth-order valence-electron chi connectivity index (χ4n) is 2.21. The van der Waals surface area contributed by atoms with Crippen LogP contribution in [0.1, 0.15) is 18.4 Å². The minimum atomic E-state index is -0.328. The zero-order chi connectivity index (χ0) is 15.2. The summed E-state index contributed by atoms with van der Waals surface area (Å²) in [5.74, 6) is -0.415. The number of cyclic esters (lactones) is 1. The molecule has 1 aliphatic rings. The number of hydrogen-bond acceptors (Lipinski definition) is 3. The standard InChI is InChI=1S/C15H19FN2O3/c1-18-10-12(21-15(18)20)8-9-17-14(19)7-6-11-4-2-3-5-13(11)16/h2-5,12H,6-10H2,1H3,(H,17,19). The number of rotatable bonds is 6. The van der Waals surface area contributed by atoms with E-state index in [1.54, 1.807) is 25.2 Å². The van der Waals surface area contributed by atoms with Gasteiger partial charge in [-0.1, -0.05) is 18.2 Å². The predicted molar refractivity (Wildman–Crippen MR) is 75.2 cm³/mol. The molecule has 2 amide bonds. The van der Waals surface area contributed by atoms with Crippen molar-refractivity contribution in [3.8, 4) is 0 Å². The Morgan fingerprint density at radius 1 is 1.48 bits per heavy atom. The van der Waals surface area contributed by atoms with Gasteiger partial charge in [-0.15, -0.1) is 0 Å². The van der Waals surface area contributed by atoms with Crippen LogP contribution >= 0.6 is 0 Å². The molecule has 2 rings (SSSR count). The quantitative estimate of drug-likeness (QED) is 0.869. The second kappa shape index (κ2) is 7.06. The topological polar surface area (TPSA) is 58.6 Å². The molecule has 1 aliphatic heterocycles. The van der Waals surface area contributed by atoms with Crippen LogP contribution in [0.4, 0.5) is 9.18 Å². The van der Waals surface area contributed by atoms with Crippen molar-refractivity contribution in [3.63, 3.8) is 0 Å². The minimum absolute atomic E-state index is 0.129. The normalized spacial score (nSPS) is 17.7. The monoisotopic (exact) mass is 294 g/mol. The highest BCUT2D eigenvalue weighted by atomic mass is 19.1. The van der Waals surface area contributed by atoms with Gasteiger partial charge >= 0.3 is 6.09 Å². The van der Waals surface area contributed by atoms with E-state index in [1.807, 2.05) is 0 Å². The van der Waals surface area contributed by atoms with E-state index in [1.165, 1.54) is 11.0 Å². The number of nitrogens with zero attached hydrogens (tertiary/aromatic N) is 1. The molecule has 1 aromatic carbocycles. The first kappa shape index (κ1) is 15.3. The molecule has 6 heteroatoms. The minimum Gasteiger partial charge on any atom is -0.444 e. The summed E-state index contributed by atoms with van der Waals surface area (Å²) < 4.78 is 18.5. The zero-order valence-corrected chi connectivity index (χ0v) is 12.0. The molecular weight excluding hydrogens is 275 g/mol. The molecule has 114 valence electrons. The Morgan fingerprint density at radius 2 is 2.24 bits per heavy atom. The Kier molecular flexibility index (Phi) is 5.14. The van der Waals surface area contributed by atoms with E-state index in [9.17, 15) is 14.0 Å². The average Bonchev–Trinajstić information content (AvgIpc) is 2.77. The van der Waals surface area contributed by atoms with Gasteiger partial charge in [-0.25, -0.2) is 9.18 Å². The van der Waals surface area contributed by atoms with Crippen LogP contribution < -0.4 is 5.32 Å². The van der Waals surface area contributed by atoms with E-state index < -0.39 is 0 Å². The summed E-state index contributed by atoms with van der Waals surface area (Å²) in [7, 11) is 1.68. The van der Waals surface area contributed by atoms with Gasteiger partial charge in [-0.3, -0.25) is 4.79 Å². The SMILES string of the molecule is CN1CC(CCNC(=O)CCc2ccccc2F)OC1=O. The molecule has 1 unspecified atom stereocenters. The molecule has 1 N–H and O–H groups in total. The van der Waals surface area contributed by atoms with Crippen molar-refractivity contribution in [2.24, 2.45) is 0 Å². The first-order chi connectivity index (χ1) is 10.1. The maximum atomic E-state index is 13.4. The first-order valence-electron chi connectivity index (χ1n) is 6.98. The molecule has 1 fully saturated rings. The van der Waals surface area contributed by atoms with Crippen LogP contribution in [0.25, 0.3) is 0 Å². The number of nitrogens with one attached hydrogen (secondary N) is 1. The van der Waals surface area contributed by atoms with Gasteiger partial charge in [0, 0.05) is 26.4 Å². The molecule has 1 saturated heterocycles. The van der Waals surface area contributed by atoms with E-state index in [0.717, 1.165) is 0 Å². The number of halogens is 1. The second-order valence-electron chi connectivity index (χ2n) is 5.12. The van der Waals surface area contributed by atoms with Gasteiger partial charge in [0.25, 0.3) is 0 Å². The zero-order valence-electron chi connectivity index (χ0n) is 12.0. The summed E-state index contributed by atoms with van der Waals surface area (Å²) in [5.41, 5.74) is 0.541. The number of carbonyl (C=O) groups excluding carboxylic acids is 2. The van der Waals surface area contributed by atoms with Crippen molar-refractivity contribution < 1.29 is 18.7 Å². The summed E-state index contributed by atoms with van der Waals surface area (Å²) in [6, 6.07) is 6.44. The number of amides is 2. The lowest BCUT2D eigenvalue weighted by molar-refractivity contribution is -0.121. The van der Waals surface area contributed by atoms with Crippen LogP contribution in [0.15, 0.2) is 24.3 Å². The second-order valence-corrected chi connectivity index (χ2v) is 5.12. The van der Waals surface area contributed by atoms with E-state index in [2.05, 4.69) is 5.32 Å². The van der Waals surface area contributed by atoms with Gasteiger partial charge < -0.3 is 15.0 Å². The fraction of sp³-hybridized carbons (Fsp3) is 0.467. The number of ether oxygens (including phenoxy) is 1.